The number of carbonyl (C=O) groups excluding carboxylic acids is 3. The van der Waals surface area contributed by atoms with Gasteiger partial charge in [0.15, 0.2) is 5.78 Å². The Balaban J connectivity index is 2.12. The Morgan fingerprint density at radius 1 is 1.27 bits per heavy atom. The van der Waals surface area contributed by atoms with E-state index in [1.807, 2.05) is 55.5 Å². The van der Waals surface area contributed by atoms with E-state index in [4.69, 9.17) is 9.47 Å². The van der Waals surface area contributed by atoms with Crippen molar-refractivity contribution >= 4 is 17.8 Å². The van der Waals surface area contributed by atoms with Gasteiger partial charge in [-0.05, 0) is 30.9 Å². The highest BCUT2D eigenvalue weighted by Gasteiger charge is 2.42. The van der Waals surface area contributed by atoms with Gasteiger partial charge >= 0.3 is 6.09 Å². The number of rotatable bonds is 14. The monoisotopic (exact) mass is 453 g/mol. The van der Waals surface area contributed by atoms with Crippen LogP contribution in [0.3, 0.4) is 0 Å². The first-order valence-electron chi connectivity index (χ1n) is 11.6. The van der Waals surface area contributed by atoms with Crippen molar-refractivity contribution in [1.82, 2.24) is 4.90 Å². The number of benzene rings is 1. The van der Waals surface area contributed by atoms with Gasteiger partial charge in [-0.25, -0.2) is 9.69 Å². The number of ether oxygens (including phenoxy) is 2. The molecule has 2 atom stereocenters. The van der Waals surface area contributed by atoms with E-state index in [1.54, 1.807) is 6.08 Å². The van der Waals surface area contributed by atoms with Crippen LogP contribution in [0, 0.1) is 5.92 Å². The van der Waals surface area contributed by atoms with Crippen molar-refractivity contribution in [2.45, 2.75) is 58.6 Å². The number of Topliss-reactive ketones (excluding diaryl/α,β-unsaturated/α-hetero) is 1. The van der Waals surface area contributed by atoms with Crippen LogP contribution in [-0.4, -0.2) is 41.9 Å². The van der Waals surface area contributed by atoms with E-state index in [9.17, 15) is 14.4 Å². The Kier molecular flexibility index (Phi) is 11.3. The summed E-state index contributed by atoms with van der Waals surface area (Å²) in [4.78, 5) is 40.0. The smallest absolute Gasteiger partial charge is 0.417 e. The summed E-state index contributed by atoms with van der Waals surface area (Å²) in [5.74, 6) is -1.72. The molecule has 2 rings (SSSR count). The molecule has 0 saturated carbocycles. The lowest BCUT2D eigenvalue weighted by molar-refractivity contribution is -0.142. The highest BCUT2D eigenvalue weighted by molar-refractivity contribution is 6.07. The Hall–Kier alpha value is -2.99. The van der Waals surface area contributed by atoms with Crippen LogP contribution in [0.5, 0.6) is 0 Å². The molecule has 2 unspecified atom stereocenters. The molecule has 1 saturated heterocycles. The second-order valence-corrected chi connectivity index (χ2v) is 8.11. The second kappa shape index (κ2) is 14.2. The predicted octanol–water partition coefficient (Wildman–Crippen LogP) is 5.39. The van der Waals surface area contributed by atoms with Crippen LogP contribution in [0.2, 0.25) is 0 Å². The minimum atomic E-state index is -0.922. The van der Waals surface area contributed by atoms with Gasteiger partial charge in [0.05, 0.1) is 18.6 Å². The molecular formula is C27H35NO5. The first kappa shape index (κ1) is 26.3. The number of ketones is 1. The predicted molar refractivity (Wildman–Crippen MR) is 128 cm³/mol. The number of cyclic esters (lactones) is 1. The standard InChI is InChI=1S/C27H35NO5/c1-4-7-9-16-24(25(29)20-32-18-22-14-10-8-11-15-22)26(30)28-23(19-33-27(28)31)17-21(12-5-2)13-6-3/h5-6,8,10-15,23-24H,2,4,7,9,16-20H2,1,3H3/b13-6-,21-12+. The topological polar surface area (TPSA) is 72.9 Å². The lowest BCUT2D eigenvalue weighted by Crippen LogP contribution is -2.45. The largest absolute Gasteiger partial charge is 0.447 e. The molecule has 2 amide bonds. The first-order chi connectivity index (χ1) is 16.0. The maximum absolute atomic E-state index is 13.4. The maximum atomic E-state index is 13.4. The van der Waals surface area contributed by atoms with Crippen LogP contribution in [0.15, 0.2) is 66.8 Å². The Labute approximate surface area is 196 Å². The maximum Gasteiger partial charge on any atom is 0.417 e. The quantitative estimate of drug-likeness (QED) is 0.214. The number of amides is 2. The third kappa shape index (κ3) is 8.13. The summed E-state index contributed by atoms with van der Waals surface area (Å²) in [7, 11) is 0. The van der Waals surface area contributed by atoms with Crippen LogP contribution >= 0.6 is 0 Å². The third-order valence-corrected chi connectivity index (χ3v) is 5.52. The molecule has 6 heteroatoms. The number of allylic oxidation sites excluding steroid dienone is 4. The number of nitrogens with zero attached hydrogens (tertiary/aromatic N) is 1. The van der Waals surface area contributed by atoms with Gasteiger partial charge in [-0.15, -0.1) is 0 Å². The van der Waals surface area contributed by atoms with Crippen LogP contribution < -0.4 is 0 Å². The van der Waals surface area contributed by atoms with Crippen LogP contribution in [0.1, 0.15) is 51.5 Å². The minimum absolute atomic E-state index is 0.108. The van der Waals surface area contributed by atoms with Gasteiger partial charge in [-0.3, -0.25) is 9.59 Å². The summed E-state index contributed by atoms with van der Waals surface area (Å²) in [6, 6.07) is 9.09. The summed E-state index contributed by atoms with van der Waals surface area (Å²) < 4.78 is 10.8. The van der Waals surface area contributed by atoms with Crippen molar-refractivity contribution in [1.29, 1.82) is 0 Å². The normalized spacial score (nSPS) is 17.3. The zero-order valence-electron chi connectivity index (χ0n) is 19.7. The fourth-order valence-corrected chi connectivity index (χ4v) is 3.84. The molecule has 33 heavy (non-hydrogen) atoms. The molecule has 0 spiro atoms. The molecule has 1 aliphatic heterocycles. The molecular weight excluding hydrogens is 418 g/mol. The van der Waals surface area contributed by atoms with E-state index in [1.165, 1.54) is 0 Å². The Morgan fingerprint density at radius 3 is 2.70 bits per heavy atom. The van der Waals surface area contributed by atoms with Crippen LogP contribution in [0.4, 0.5) is 4.79 Å². The Morgan fingerprint density at radius 2 is 2.03 bits per heavy atom. The van der Waals surface area contributed by atoms with Crippen LogP contribution in [-0.2, 0) is 25.7 Å². The van der Waals surface area contributed by atoms with Crippen molar-refractivity contribution in [3.63, 3.8) is 0 Å². The zero-order valence-corrected chi connectivity index (χ0v) is 19.7. The average Bonchev–Trinajstić information content (AvgIpc) is 3.17. The van der Waals surface area contributed by atoms with Gasteiger partial charge in [0, 0.05) is 0 Å². The fourth-order valence-electron chi connectivity index (χ4n) is 3.84. The van der Waals surface area contributed by atoms with Gasteiger partial charge in [0.1, 0.15) is 13.2 Å². The highest BCUT2D eigenvalue weighted by atomic mass is 16.6. The first-order valence-corrected chi connectivity index (χ1v) is 11.6. The van der Waals surface area contributed by atoms with E-state index in [0.29, 0.717) is 12.8 Å². The molecule has 1 aromatic rings. The van der Waals surface area contributed by atoms with E-state index in [-0.39, 0.29) is 25.6 Å². The van der Waals surface area contributed by atoms with Gasteiger partial charge in [-0.1, -0.05) is 87.4 Å². The summed E-state index contributed by atoms with van der Waals surface area (Å²) >= 11 is 0. The van der Waals surface area contributed by atoms with Gasteiger partial charge in [0.2, 0.25) is 5.91 Å². The van der Waals surface area contributed by atoms with Crippen molar-refractivity contribution in [2.75, 3.05) is 13.2 Å². The Bertz CT molecular complexity index is 859. The van der Waals surface area contributed by atoms with Crippen LogP contribution in [0.25, 0.3) is 0 Å². The van der Waals surface area contributed by atoms with Crippen molar-refractivity contribution < 1.29 is 23.9 Å². The summed E-state index contributed by atoms with van der Waals surface area (Å²) in [5, 5.41) is 0. The zero-order chi connectivity index (χ0) is 24.1. The van der Waals surface area contributed by atoms with E-state index < -0.39 is 24.0 Å². The lowest BCUT2D eigenvalue weighted by Gasteiger charge is -2.24. The molecule has 1 aromatic carbocycles. The number of imide groups is 1. The summed E-state index contributed by atoms with van der Waals surface area (Å²) in [5.41, 5.74) is 1.88. The van der Waals surface area contributed by atoms with Crippen molar-refractivity contribution in [2.24, 2.45) is 5.92 Å². The van der Waals surface area contributed by atoms with E-state index in [2.05, 4.69) is 13.5 Å². The summed E-state index contributed by atoms with van der Waals surface area (Å²) in [6.45, 7) is 7.90. The second-order valence-electron chi connectivity index (χ2n) is 8.11. The van der Waals surface area contributed by atoms with Gasteiger partial charge in [-0.2, -0.15) is 0 Å². The van der Waals surface area contributed by atoms with Gasteiger partial charge in [0.25, 0.3) is 0 Å². The molecule has 1 aliphatic rings. The molecule has 1 heterocycles. The fraction of sp³-hybridized carbons (Fsp3) is 0.444. The molecule has 0 radical (unpaired) electrons. The molecule has 0 aliphatic carbocycles. The number of hydrogen-bond acceptors (Lipinski definition) is 5. The number of unbranched alkanes of at least 4 members (excludes halogenated alkanes) is 2. The lowest BCUT2D eigenvalue weighted by atomic mass is 9.94. The van der Waals surface area contributed by atoms with E-state index >= 15 is 0 Å². The summed E-state index contributed by atoms with van der Waals surface area (Å²) in [6.07, 6.45) is 10.0. The van der Waals surface area contributed by atoms with E-state index in [0.717, 1.165) is 35.3 Å². The third-order valence-electron chi connectivity index (χ3n) is 5.52. The molecule has 0 aromatic heterocycles. The minimum Gasteiger partial charge on any atom is -0.447 e. The molecule has 6 nitrogen and oxygen atoms in total. The van der Waals surface area contributed by atoms with Gasteiger partial charge < -0.3 is 9.47 Å². The molecule has 1 fully saturated rings. The van der Waals surface area contributed by atoms with Crippen molar-refractivity contribution in [3.8, 4) is 0 Å². The van der Waals surface area contributed by atoms with Crippen molar-refractivity contribution in [3.05, 3.63) is 72.4 Å². The molecule has 0 bridgehead atoms. The SMILES string of the molecule is C=C/C=C(\C=C/C)CC1COC(=O)N1C(=O)C(CCCCC)C(=O)COCc1ccccc1. The highest BCUT2D eigenvalue weighted by Crippen LogP contribution is 2.25. The average molecular weight is 454 g/mol. The molecule has 178 valence electrons. The number of carbonyl (C=O) groups is 3. The molecule has 0 N–H and O–H groups in total. The number of hydrogen-bond donors (Lipinski definition) is 0.